The van der Waals surface area contributed by atoms with Gasteiger partial charge in [0, 0.05) is 41.1 Å². The number of ether oxygens (including phenoxy) is 1. The van der Waals surface area contributed by atoms with E-state index in [0.717, 1.165) is 48.0 Å². The Hall–Kier alpha value is -4.30. The van der Waals surface area contributed by atoms with Crippen molar-refractivity contribution >= 4 is 33.3 Å². The summed E-state index contributed by atoms with van der Waals surface area (Å²) < 4.78 is 7.42. The van der Waals surface area contributed by atoms with Crippen LogP contribution in [0.5, 0.6) is 0 Å². The van der Waals surface area contributed by atoms with Crippen molar-refractivity contribution in [3.63, 3.8) is 0 Å². The summed E-state index contributed by atoms with van der Waals surface area (Å²) in [6, 6.07) is 22.5. The lowest BCUT2D eigenvalue weighted by Crippen LogP contribution is -2.15. The number of aromatic amines is 1. The first-order valence-corrected chi connectivity index (χ1v) is 11.6. The number of amides is 1. The number of benzene rings is 3. The molecule has 3 aromatic carbocycles. The van der Waals surface area contributed by atoms with Gasteiger partial charge in [0.15, 0.2) is 5.69 Å². The Morgan fingerprint density at radius 1 is 1.00 bits per heavy atom. The highest BCUT2D eigenvalue weighted by Gasteiger charge is 2.21. The minimum Gasteiger partial charge on any atom is -0.381 e. The van der Waals surface area contributed by atoms with Crippen molar-refractivity contribution in [1.82, 2.24) is 20.0 Å². The molecule has 35 heavy (non-hydrogen) atoms. The molecule has 0 spiro atoms. The lowest BCUT2D eigenvalue weighted by Gasteiger charge is -2.08. The predicted octanol–water partition coefficient (Wildman–Crippen LogP) is 4.23. The molecule has 0 bridgehead atoms. The van der Waals surface area contributed by atoms with Gasteiger partial charge in [-0.2, -0.15) is 10.2 Å². The van der Waals surface area contributed by atoms with Crippen LogP contribution in [0.2, 0.25) is 0 Å². The Labute approximate surface area is 200 Å². The first-order chi connectivity index (χ1) is 17.2. The van der Waals surface area contributed by atoms with Crippen molar-refractivity contribution < 1.29 is 9.53 Å². The third-order valence-electron chi connectivity index (χ3n) is 6.44. The fourth-order valence-electron chi connectivity index (χ4n) is 4.64. The number of aromatic nitrogens is 4. The van der Waals surface area contributed by atoms with Crippen LogP contribution in [-0.4, -0.2) is 39.1 Å². The van der Waals surface area contributed by atoms with Gasteiger partial charge in [0.25, 0.3) is 11.5 Å². The van der Waals surface area contributed by atoms with Crippen molar-refractivity contribution in [2.24, 2.45) is 5.92 Å². The van der Waals surface area contributed by atoms with E-state index in [2.05, 4.69) is 20.6 Å². The zero-order chi connectivity index (χ0) is 23.8. The van der Waals surface area contributed by atoms with Crippen LogP contribution in [0.25, 0.3) is 32.9 Å². The largest absolute Gasteiger partial charge is 0.381 e. The van der Waals surface area contributed by atoms with E-state index in [1.165, 1.54) is 0 Å². The smallest absolute Gasteiger partial charge is 0.276 e. The average molecular weight is 466 g/mol. The summed E-state index contributed by atoms with van der Waals surface area (Å²) in [6.45, 7) is 2.22. The number of fused-ring (bicyclic) bond motifs is 2. The molecule has 0 radical (unpaired) electrons. The Kier molecular flexibility index (Phi) is 5.35. The number of carbonyl (C=O) groups is 1. The van der Waals surface area contributed by atoms with Crippen molar-refractivity contribution in [1.29, 1.82) is 0 Å². The molecule has 8 heteroatoms. The van der Waals surface area contributed by atoms with Gasteiger partial charge in [-0.3, -0.25) is 14.3 Å². The van der Waals surface area contributed by atoms with E-state index in [-0.39, 0.29) is 11.5 Å². The van der Waals surface area contributed by atoms with Crippen LogP contribution in [0, 0.1) is 5.92 Å². The molecule has 3 heterocycles. The standard InChI is InChI=1S/C27H23N5O3/c33-26-21-6-2-1-5-20(21)24(29-30-26)18-9-11-19(12-10-18)28-27(34)25-22-7-3-4-8-23(22)32(31-25)15-17-13-14-35-16-17/h1-12,17H,13-16H2,(H,28,34)(H,30,33). The lowest BCUT2D eigenvalue weighted by molar-refractivity contribution is 0.102. The van der Waals surface area contributed by atoms with Gasteiger partial charge in [-0.1, -0.05) is 48.5 Å². The maximum atomic E-state index is 13.2. The molecule has 174 valence electrons. The highest BCUT2D eigenvalue weighted by molar-refractivity contribution is 6.11. The van der Waals surface area contributed by atoms with Gasteiger partial charge < -0.3 is 10.1 Å². The quantitative estimate of drug-likeness (QED) is 0.405. The van der Waals surface area contributed by atoms with E-state index in [1.54, 1.807) is 6.07 Å². The topological polar surface area (TPSA) is 102 Å². The molecule has 2 N–H and O–H groups in total. The van der Waals surface area contributed by atoms with Gasteiger partial charge in [-0.05, 0) is 30.7 Å². The summed E-state index contributed by atoms with van der Waals surface area (Å²) >= 11 is 0. The number of carbonyl (C=O) groups excluding carboxylic acids is 1. The van der Waals surface area contributed by atoms with E-state index in [1.807, 2.05) is 71.4 Å². The molecule has 1 aliphatic heterocycles. The molecule has 0 aliphatic carbocycles. The van der Waals surface area contributed by atoms with E-state index < -0.39 is 0 Å². The zero-order valence-corrected chi connectivity index (χ0v) is 18.9. The molecule has 8 nitrogen and oxygen atoms in total. The molecule has 1 aliphatic rings. The third-order valence-corrected chi connectivity index (χ3v) is 6.44. The molecular formula is C27H23N5O3. The second-order valence-electron chi connectivity index (χ2n) is 8.76. The second kappa shape index (κ2) is 8.81. The Morgan fingerprint density at radius 2 is 1.74 bits per heavy atom. The van der Waals surface area contributed by atoms with Crippen LogP contribution in [0.3, 0.4) is 0 Å². The molecule has 1 unspecified atom stereocenters. The highest BCUT2D eigenvalue weighted by atomic mass is 16.5. The number of H-pyrrole nitrogens is 1. The van der Waals surface area contributed by atoms with Gasteiger partial charge in [0.1, 0.15) is 0 Å². The minimum absolute atomic E-state index is 0.222. The van der Waals surface area contributed by atoms with Crippen LogP contribution in [-0.2, 0) is 11.3 Å². The predicted molar refractivity (Wildman–Crippen MR) is 134 cm³/mol. The van der Waals surface area contributed by atoms with Gasteiger partial charge >= 0.3 is 0 Å². The summed E-state index contributed by atoms with van der Waals surface area (Å²) in [6.07, 6.45) is 1.00. The van der Waals surface area contributed by atoms with Crippen LogP contribution in [0.1, 0.15) is 16.9 Å². The summed E-state index contributed by atoms with van der Waals surface area (Å²) in [5, 5.41) is 16.6. The number of hydrogen-bond acceptors (Lipinski definition) is 5. The van der Waals surface area contributed by atoms with Gasteiger partial charge in [-0.25, -0.2) is 5.10 Å². The van der Waals surface area contributed by atoms with Crippen LogP contribution >= 0.6 is 0 Å². The Morgan fingerprint density at radius 3 is 2.51 bits per heavy atom. The Bertz CT molecular complexity index is 1600. The maximum absolute atomic E-state index is 13.2. The molecule has 1 amide bonds. The number of para-hydroxylation sites is 1. The first-order valence-electron chi connectivity index (χ1n) is 11.6. The molecule has 5 aromatic rings. The average Bonchev–Trinajstić information content (AvgIpc) is 3.54. The summed E-state index contributed by atoms with van der Waals surface area (Å²) in [4.78, 5) is 25.3. The number of nitrogens with one attached hydrogen (secondary N) is 2. The number of anilines is 1. The summed E-state index contributed by atoms with van der Waals surface area (Å²) in [5.41, 5.74) is 3.28. The first kappa shape index (κ1) is 21.2. The normalized spacial score (nSPS) is 15.6. The number of hydrogen-bond donors (Lipinski definition) is 2. The number of rotatable bonds is 5. The maximum Gasteiger partial charge on any atom is 0.276 e. The van der Waals surface area contributed by atoms with E-state index in [9.17, 15) is 9.59 Å². The third kappa shape index (κ3) is 3.98. The molecule has 1 saturated heterocycles. The van der Waals surface area contributed by atoms with Crippen LogP contribution in [0.4, 0.5) is 5.69 Å². The fourth-order valence-corrected chi connectivity index (χ4v) is 4.64. The van der Waals surface area contributed by atoms with Crippen molar-refractivity contribution in [3.05, 3.63) is 88.8 Å². The Balaban J connectivity index is 1.27. The monoisotopic (exact) mass is 465 g/mol. The van der Waals surface area contributed by atoms with Gasteiger partial charge in [-0.15, -0.1) is 0 Å². The molecule has 1 fully saturated rings. The molecule has 0 saturated carbocycles. The van der Waals surface area contributed by atoms with Crippen LogP contribution in [0.15, 0.2) is 77.6 Å². The second-order valence-corrected chi connectivity index (χ2v) is 8.76. The molecular weight excluding hydrogens is 442 g/mol. The van der Waals surface area contributed by atoms with Crippen molar-refractivity contribution in [3.8, 4) is 11.3 Å². The summed E-state index contributed by atoms with van der Waals surface area (Å²) in [7, 11) is 0. The SMILES string of the molecule is O=C(Nc1ccc(-c2n[nH]c(=O)c3ccccc23)cc1)c1nn(CC2CCOC2)c2ccccc12. The van der Waals surface area contributed by atoms with Crippen molar-refractivity contribution in [2.75, 3.05) is 18.5 Å². The molecule has 6 rings (SSSR count). The molecule has 2 aromatic heterocycles. The van der Waals surface area contributed by atoms with Gasteiger partial charge in [0.2, 0.25) is 0 Å². The fraction of sp³-hybridized carbons (Fsp3) is 0.185. The zero-order valence-electron chi connectivity index (χ0n) is 18.9. The van der Waals surface area contributed by atoms with E-state index in [0.29, 0.717) is 28.4 Å². The van der Waals surface area contributed by atoms with Crippen LogP contribution < -0.4 is 10.9 Å². The highest BCUT2D eigenvalue weighted by Crippen LogP contribution is 2.26. The lowest BCUT2D eigenvalue weighted by atomic mass is 10.0. The number of nitrogens with zero attached hydrogens (tertiary/aromatic N) is 3. The van der Waals surface area contributed by atoms with Crippen molar-refractivity contribution in [2.45, 2.75) is 13.0 Å². The van der Waals surface area contributed by atoms with E-state index in [4.69, 9.17) is 4.74 Å². The van der Waals surface area contributed by atoms with E-state index >= 15 is 0 Å². The minimum atomic E-state index is -0.261. The van der Waals surface area contributed by atoms with Gasteiger partial charge in [0.05, 0.1) is 23.2 Å². The molecule has 1 atom stereocenters. The summed E-state index contributed by atoms with van der Waals surface area (Å²) in [5.74, 6) is 0.141.